The molecule has 146 valence electrons. The van der Waals surface area contributed by atoms with E-state index >= 15 is 0 Å². The van der Waals surface area contributed by atoms with Crippen LogP contribution in [0.2, 0.25) is 0 Å². The van der Waals surface area contributed by atoms with E-state index in [2.05, 4.69) is 52.9 Å². The van der Waals surface area contributed by atoms with E-state index in [1.165, 1.54) is 6.08 Å². The number of ether oxygens (including phenoxy) is 1. The van der Waals surface area contributed by atoms with E-state index < -0.39 is 0 Å². The molecule has 3 aromatic rings. The summed E-state index contributed by atoms with van der Waals surface area (Å²) < 4.78 is 16.0. The maximum atomic E-state index is 12.4. The largest absolute Gasteiger partial charge is 0.483 e. The lowest BCUT2D eigenvalue weighted by atomic mass is 10.1. The number of aromatic nitrogens is 2. The van der Waals surface area contributed by atoms with Crippen LogP contribution >= 0.6 is 47.8 Å². The molecule has 0 N–H and O–H groups in total. The van der Waals surface area contributed by atoms with Gasteiger partial charge in [0.05, 0.1) is 20.7 Å². The average molecular weight is 573 g/mol. The summed E-state index contributed by atoms with van der Waals surface area (Å²) in [6.07, 6.45) is 4.75. The molecular weight excluding hydrogens is 556 g/mol. The van der Waals surface area contributed by atoms with Crippen molar-refractivity contribution in [3.05, 3.63) is 72.7 Å². The van der Waals surface area contributed by atoms with E-state index in [4.69, 9.17) is 9.15 Å². The van der Waals surface area contributed by atoms with E-state index in [9.17, 15) is 4.79 Å². The van der Waals surface area contributed by atoms with Gasteiger partial charge in [0.2, 0.25) is 0 Å². The lowest BCUT2D eigenvalue weighted by molar-refractivity contribution is 0.104. The van der Waals surface area contributed by atoms with Gasteiger partial charge in [-0.1, -0.05) is 15.9 Å². The highest BCUT2D eigenvalue weighted by molar-refractivity contribution is 9.11. The monoisotopic (exact) mass is 570 g/mol. The fourth-order valence-electron chi connectivity index (χ4n) is 2.63. The second kappa shape index (κ2) is 9.24. The summed E-state index contributed by atoms with van der Waals surface area (Å²) in [6, 6.07) is 7.44. The van der Waals surface area contributed by atoms with Gasteiger partial charge in [0.25, 0.3) is 0 Å². The summed E-state index contributed by atoms with van der Waals surface area (Å²) in [5.74, 6) is 1.83. The maximum Gasteiger partial charge on any atom is 0.189 e. The highest BCUT2D eigenvalue weighted by Gasteiger charge is 2.12. The topological polar surface area (TPSA) is 57.3 Å². The van der Waals surface area contributed by atoms with Crippen LogP contribution in [0.5, 0.6) is 5.75 Å². The molecule has 0 atom stereocenters. The molecule has 0 radical (unpaired) electrons. The number of rotatable bonds is 7. The van der Waals surface area contributed by atoms with Crippen molar-refractivity contribution in [3.8, 4) is 5.75 Å². The minimum atomic E-state index is -0.103. The molecule has 0 saturated heterocycles. The smallest absolute Gasteiger partial charge is 0.189 e. The first-order chi connectivity index (χ1) is 13.4. The number of nitrogens with zero attached hydrogens (tertiary/aromatic N) is 2. The SMILES string of the molecule is CCn1ncc(C(=O)/C=C/c2ccc(COc3c(Br)cc(Br)cc3Br)o2)c1C. The Bertz CT molecular complexity index is 1010. The third kappa shape index (κ3) is 4.85. The van der Waals surface area contributed by atoms with Gasteiger partial charge in [0.15, 0.2) is 5.78 Å². The van der Waals surface area contributed by atoms with Crippen LogP contribution in [0.4, 0.5) is 0 Å². The van der Waals surface area contributed by atoms with Crippen LogP contribution in [0.3, 0.4) is 0 Å². The van der Waals surface area contributed by atoms with E-state index in [0.717, 1.165) is 25.7 Å². The quantitative estimate of drug-likeness (QED) is 0.237. The van der Waals surface area contributed by atoms with Crippen LogP contribution in [0, 0.1) is 6.92 Å². The Kier molecular flexibility index (Phi) is 6.95. The number of allylic oxidation sites excluding steroid dienone is 1. The first-order valence-corrected chi connectivity index (χ1v) is 10.9. The molecule has 0 aliphatic rings. The molecule has 28 heavy (non-hydrogen) atoms. The number of hydrogen-bond donors (Lipinski definition) is 0. The number of carbonyl (C=O) groups excluding carboxylic acids is 1. The van der Waals surface area contributed by atoms with Crippen molar-refractivity contribution in [2.45, 2.75) is 27.0 Å². The van der Waals surface area contributed by atoms with Crippen LogP contribution in [-0.4, -0.2) is 15.6 Å². The molecule has 2 heterocycles. The summed E-state index contributed by atoms with van der Waals surface area (Å²) in [7, 11) is 0. The predicted octanol–water partition coefficient (Wildman–Crippen LogP) is 6.57. The standard InChI is InChI=1S/C20H17Br3N2O3/c1-3-25-12(2)16(10-24-25)19(26)7-6-14-4-5-15(28-14)11-27-20-17(22)8-13(21)9-18(20)23/h4-10H,3,11H2,1-2H3/b7-6+. The van der Waals surface area contributed by atoms with Gasteiger partial charge in [0, 0.05) is 16.7 Å². The van der Waals surface area contributed by atoms with Crippen molar-refractivity contribution in [1.29, 1.82) is 0 Å². The molecule has 0 spiro atoms. The predicted molar refractivity (Wildman–Crippen MR) is 119 cm³/mol. The Balaban J connectivity index is 1.65. The Hall–Kier alpha value is -1.64. The Morgan fingerprint density at radius 2 is 1.96 bits per heavy atom. The molecule has 3 rings (SSSR count). The highest BCUT2D eigenvalue weighted by Crippen LogP contribution is 2.36. The number of aryl methyl sites for hydroxylation is 1. The molecule has 8 heteroatoms. The second-order valence-electron chi connectivity index (χ2n) is 5.95. The summed E-state index contributed by atoms with van der Waals surface area (Å²) in [4.78, 5) is 12.4. The van der Waals surface area contributed by atoms with E-state index in [-0.39, 0.29) is 12.4 Å². The van der Waals surface area contributed by atoms with Crippen molar-refractivity contribution >= 4 is 59.6 Å². The zero-order chi connectivity index (χ0) is 20.3. The number of ketones is 1. The summed E-state index contributed by atoms with van der Waals surface area (Å²) in [5, 5.41) is 4.20. The summed E-state index contributed by atoms with van der Waals surface area (Å²) in [6.45, 7) is 4.87. The molecule has 0 bridgehead atoms. The number of halogens is 3. The molecule has 5 nitrogen and oxygen atoms in total. The average Bonchev–Trinajstić information content (AvgIpc) is 3.25. The first-order valence-electron chi connectivity index (χ1n) is 8.50. The van der Waals surface area contributed by atoms with Gasteiger partial charge >= 0.3 is 0 Å². The van der Waals surface area contributed by atoms with Gasteiger partial charge in [-0.2, -0.15) is 5.10 Å². The van der Waals surface area contributed by atoms with Gasteiger partial charge in [-0.25, -0.2) is 0 Å². The van der Waals surface area contributed by atoms with Crippen LogP contribution in [-0.2, 0) is 13.2 Å². The number of benzene rings is 1. The highest BCUT2D eigenvalue weighted by atomic mass is 79.9. The molecule has 0 aliphatic carbocycles. The molecule has 0 fully saturated rings. The Labute approximate surface area is 188 Å². The van der Waals surface area contributed by atoms with Gasteiger partial charge < -0.3 is 9.15 Å². The number of carbonyl (C=O) groups is 1. The van der Waals surface area contributed by atoms with E-state index in [0.29, 0.717) is 22.8 Å². The number of furan rings is 1. The third-order valence-corrected chi connectivity index (χ3v) is 5.71. The number of hydrogen-bond acceptors (Lipinski definition) is 4. The molecule has 0 aliphatic heterocycles. The fraction of sp³-hybridized carbons (Fsp3) is 0.200. The lowest BCUT2D eigenvalue weighted by Crippen LogP contribution is -2.01. The molecule has 0 saturated carbocycles. The van der Waals surface area contributed by atoms with Gasteiger partial charge in [0.1, 0.15) is 23.9 Å². The Morgan fingerprint density at radius 1 is 1.25 bits per heavy atom. The van der Waals surface area contributed by atoms with Crippen LogP contribution < -0.4 is 4.74 Å². The second-order valence-corrected chi connectivity index (χ2v) is 8.57. The van der Waals surface area contributed by atoms with E-state index in [1.807, 2.05) is 32.0 Å². The Morgan fingerprint density at radius 3 is 2.61 bits per heavy atom. The zero-order valence-corrected chi connectivity index (χ0v) is 20.0. The normalized spacial score (nSPS) is 11.3. The van der Waals surface area contributed by atoms with Gasteiger partial charge in [-0.05, 0) is 82.1 Å². The molecule has 0 amide bonds. The maximum absolute atomic E-state index is 12.4. The van der Waals surface area contributed by atoms with Crippen molar-refractivity contribution in [2.75, 3.05) is 0 Å². The first kappa shape index (κ1) is 21.1. The zero-order valence-electron chi connectivity index (χ0n) is 15.2. The van der Waals surface area contributed by atoms with Gasteiger partial charge in [-0.3, -0.25) is 9.48 Å². The summed E-state index contributed by atoms with van der Waals surface area (Å²) >= 11 is 10.4. The summed E-state index contributed by atoms with van der Waals surface area (Å²) in [5.41, 5.74) is 1.45. The molecule has 2 aromatic heterocycles. The van der Waals surface area contributed by atoms with Crippen LogP contribution in [0.15, 0.2) is 54.4 Å². The molecule has 1 aromatic carbocycles. The van der Waals surface area contributed by atoms with Crippen molar-refractivity contribution in [3.63, 3.8) is 0 Å². The lowest BCUT2D eigenvalue weighted by Gasteiger charge is -2.09. The van der Waals surface area contributed by atoms with Crippen LogP contribution in [0.25, 0.3) is 6.08 Å². The minimum absolute atomic E-state index is 0.103. The van der Waals surface area contributed by atoms with Crippen molar-refractivity contribution in [2.24, 2.45) is 0 Å². The van der Waals surface area contributed by atoms with Crippen molar-refractivity contribution in [1.82, 2.24) is 9.78 Å². The van der Waals surface area contributed by atoms with E-state index in [1.54, 1.807) is 23.0 Å². The third-order valence-electron chi connectivity index (χ3n) is 4.07. The van der Waals surface area contributed by atoms with Gasteiger partial charge in [-0.15, -0.1) is 0 Å². The van der Waals surface area contributed by atoms with Crippen molar-refractivity contribution < 1.29 is 13.9 Å². The molecular formula is C20H17Br3N2O3. The minimum Gasteiger partial charge on any atom is -0.483 e. The molecule has 0 unspecified atom stereocenters. The van der Waals surface area contributed by atoms with Crippen LogP contribution in [0.1, 0.15) is 34.5 Å². The fourth-order valence-corrected chi connectivity index (χ4v) is 5.11.